The number of anilines is 1. The number of hydrogen-bond acceptors (Lipinski definition) is 4. The molecule has 0 fully saturated rings. The molecule has 0 unspecified atom stereocenters. The summed E-state index contributed by atoms with van der Waals surface area (Å²) in [5.41, 5.74) is 6.22. The molecule has 2 aromatic heterocycles. The number of nitrogen functional groups attached to an aromatic ring is 1. The number of aryl methyl sites for hydroxylation is 1. The van der Waals surface area contributed by atoms with E-state index < -0.39 is 5.82 Å². The van der Waals surface area contributed by atoms with Gasteiger partial charge >= 0.3 is 0 Å². The molecular formula is C9H8FN3S. The van der Waals surface area contributed by atoms with E-state index >= 15 is 0 Å². The third-order valence-electron chi connectivity index (χ3n) is 1.76. The van der Waals surface area contributed by atoms with Gasteiger partial charge in [-0.05, 0) is 13.0 Å². The van der Waals surface area contributed by atoms with E-state index in [1.54, 1.807) is 11.3 Å². The van der Waals surface area contributed by atoms with Crippen molar-refractivity contribution in [1.82, 2.24) is 9.97 Å². The molecule has 5 heteroatoms. The summed E-state index contributed by atoms with van der Waals surface area (Å²) in [6.07, 6.45) is 1.09. The predicted molar refractivity (Wildman–Crippen MR) is 54.5 cm³/mol. The summed E-state index contributed by atoms with van der Waals surface area (Å²) in [5, 5.41) is 1.92. The van der Waals surface area contributed by atoms with E-state index in [1.807, 2.05) is 18.4 Å². The van der Waals surface area contributed by atoms with E-state index in [0.717, 1.165) is 16.6 Å². The summed E-state index contributed by atoms with van der Waals surface area (Å²) >= 11 is 1.59. The van der Waals surface area contributed by atoms with Crippen LogP contribution >= 0.6 is 11.3 Å². The Balaban J connectivity index is 2.47. The van der Waals surface area contributed by atoms with Crippen molar-refractivity contribution in [3.8, 4) is 11.4 Å². The van der Waals surface area contributed by atoms with Crippen LogP contribution in [0.4, 0.5) is 10.2 Å². The zero-order valence-corrected chi connectivity index (χ0v) is 8.31. The molecule has 14 heavy (non-hydrogen) atoms. The van der Waals surface area contributed by atoms with Crippen molar-refractivity contribution in [2.45, 2.75) is 6.92 Å². The lowest BCUT2D eigenvalue weighted by atomic mass is 10.3. The summed E-state index contributed by atoms with van der Waals surface area (Å²) in [7, 11) is 0. The lowest BCUT2D eigenvalue weighted by molar-refractivity contribution is 0.620. The number of aromatic nitrogens is 2. The third-order valence-corrected chi connectivity index (χ3v) is 2.62. The molecule has 3 nitrogen and oxygen atoms in total. The summed E-state index contributed by atoms with van der Waals surface area (Å²) in [5.74, 6) is -0.229. The fourth-order valence-corrected chi connectivity index (χ4v) is 1.76. The molecule has 0 atom stereocenters. The summed E-state index contributed by atoms with van der Waals surface area (Å²) < 4.78 is 12.8. The average molecular weight is 209 g/mol. The maximum absolute atomic E-state index is 12.8. The van der Waals surface area contributed by atoms with Gasteiger partial charge < -0.3 is 5.73 Å². The smallest absolute Gasteiger partial charge is 0.183 e. The molecule has 0 aliphatic carbocycles. The Kier molecular flexibility index (Phi) is 2.17. The Bertz CT molecular complexity index is 467. The molecule has 2 aromatic rings. The van der Waals surface area contributed by atoms with Crippen LogP contribution < -0.4 is 5.73 Å². The lowest BCUT2D eigenvalue weighted by Gasteiger charge is -1.98. The van der Waals surface area contributed by atoms with E-state index in [1.165, 1.54) is 0 Å². The molecule has 0 aliphatic rings. The molecule has 0 aliphatic heterocycles. The number of rotatable bonds is 1. The number of halogens is 1. The molecule has 0 amide bonds. The average Bonchev–Trinajstić information content (AvgIpc) is 2.57. The molecule has 2 N–H and O–H groups in total. The molecule has 72 valence electrons. The first-order valence-electron chi connectivity index (χ1n) is 4.00. The zero-order chi connectivity index (χ0) is 10.1. The van der Waals surface area contributed by atoms with E-state index in [0.29, 0.717) is 5.82 Å². The Morgan fingerprint density at radius 3 is 2.86 bits per heavy atom. The fraction of sp³-hybridized carbons (Fsp3) is 0.111. The van der Waals surface area contributed by atoms with Crippen molar-refractivity contribution in [2.24, 2.45) is 0 Å². The monoisotopic (exact) mass is 209 g/mol. The highest BCUT2D eigenvalue weighted by Gasteiger charge is 2.06. The van der Waals surface area contributed by atoms with Crippen molar-refractivity contribution in [1.29, 1.82) is 0 Å². The first kappa shape index (κ1) is 9.08. The quantitative estimate of drug-likeness (QED) is 0.783. The first-order valence-corrected chi connectivity index (χ1v) is 4.88. The maximum atomic E-state index is 12.8. The zero-order valence-electron chi connectivity index (χ0n) is 7.49. The summed E-state index contributed by atoms with van der Waals surface area (Å²) in [6, 6.07) is 1.94. The highest BCUT2D eigenvalue weighted by Crippen LogP contribution is 2.22. The molecule has 0 saturated carbocycles. The van der Waals surface area contributed by atoms with Crippen molar-refractivity contribution in [3.63, 3.8) is 0 Å². The molecule has 0 saturated heterocycles. The molecule has 2 rings (SSSR count). The minimum atomic E-state index is -0.583. The van der Waals surface area contributed by atoms with Crippen LogP contribution in [0.1, 0.15) is 4.88 Å². The lowest BCUT2D eigenvalue weighted by Crippen LogP contribution is -1.98. The first-order chi connectivity index (χ1) is 6.66. The normalized spacial score (nSPS) is 10.4. The second-order valence-electron chi connectivity index (χ2n) is 2.87. The van der Waals surface area contributed by atoms with Gasteiger partial charge in [0, 0.05) is 15.8 Å². The van der Waals surface area contributed by atoms with E-state index in [2.05, 4.69) is 9.97 Å². The summed E-state index contributed by atoms with van der Waals surface area (Å²) in [6.45, 7) is 1.99. The Morgan fingerprint density at radius 1 is 1.50 bits per heavy atom. The van der Waals surface area contributed by atoms with Gasteiger partial charge in [-0.1, -0.05) is 0 Å². The van der Waals surface area contributed by atoms with Gasteiger partial charge in [0.1, 0.15) is 0 Å². The topological polar surface area (TPSA) is 51.8 Å². The molecular weight excluding hydrogens is 201 g/mol. The SMILES string of the molecule is Cc1cc(-c2ncc(F)c(N)n2)cs1. The van der Waals surface area contributed by atoms with Gasteiger partial charge in [0.05, 0.1) is 6.20 Å². The van der Waals surface area contributed by atoms with Crippen LogP contribution in [-0.2, 0) is 0 Å². The van der Waals surface area contributed by atoms with Crippen LogP contribution in [0.5, 0.6) is 0 Å². The second-order valence-corrected chi connectivity index (χ2v) is 3.99. The van der Waals surface area contributed by atoms with E-state index in [4.69, 9.17) is 5.73 Å². The van der Waals surface area contributed by atoms with Gasteiger partial charge in [-0.25, -0.2) is 14.4 Å². The van der Waals surface area contributed by atoms with Gasteiger partial charge in [0.2, 0.25) is 0 Å². The van der Waals surface area contributed by atoms with Gasteiger partial charge in [-0.15, -0.1) is 11.3 Å². The van der Waals surface area contributed by atoms with Crippen molar-refractivity contribution in [3.05, 3.63) is 28.3 Å². The van der Waals surface area contributed by atoms with Crippen molar-refractivity contribution >= 4 is 17.2 Å². The number of nitrogens with two attached hydrogens (primary N) is 1. The van der Waals surface area contributed by atoms with Gasteiger partial charge in [0.25, 0.3) is 0 Å². The van der Waals surface area contributed by atoms with Crippen molar-refractivity contribution < 1.29 is 4.39 Å². The van der Waals surface area contributed by atoms with Crippen LogP contribution in [0.2, 0.25) is 0 Å². The number of nitrogens with zero attached hydrogens (tertiary/aromatic N) is 2. The predicted octanol–water partition coefficient (Wildman–Crippen LogP) is 2.23. The van der Waals surface area contributed by atoms with Crippen LogP contribution in [-0.4, -0.2) is 9.97 Å². The highest BCUT2D eigenvalue weighted by molar-refractivity contribution is 7.10. The maximum Gasteiger partial charge on any atom is 0.183 e. The minimum Gasteiger partial charge on any atom is -0.381 e. The highest BCUT2D eigenvalue weighted by atomic mass is 32.1. The van der Waals surface area contributed by atoms with Crippen LogP contribution in [0.15, 0.2) is 17.6 Å². The minimum absolute atomic E-state index is 0.112. The Labute approximate surface area is 84.4 Å². The van der Waals surface area contributed by atoms with Crippen LogP contribution in [0.3, 0.4) is 0 Å². The number of thiophene rings is 1. The molecule has 0 bridgehead atoms. The second kappa shape index (κ2) is 3.34. The summed E-state index contributed by atoms with van der Waals surface area (Å²) in [4.78, 5) is 8.88. The standard InChI is InChI=1S/C9H8FN3S/c1-5-2-6(4-14-5)9-12-3-7(10)8(11)13-9/h2-4H,1H3,(H2,11,12,13). The van der Waals surface area contributed by atoms with E-state index in [-0.39, 0.29) is 5.82 Å². The third kappa shape index (κ3) is 1.58. The van der Waals surface area contributed by atoms with Gasteiger partial charge in [-0.2, -0.15) is 0 Å². The van der Waals surface area contributed by atoms with Crippen LogP contribution in [0, 0.1) is 12.7 Å². The Morgan fingerprint density at radius 2 is 2.29 bits per heavy atom. The van der Waals surface area contributed by atoms with Gasteiger partial charge in [-0.3, -0.25) is 0 Å². The van der Waals surface area contributed by atoms with E-state index in [9.17, 15) is 4.39 Å². The fourth-order valence-electron chi connectivity index (χ4n) is 1.08. The largest absolute Gasteiger partial charge is 0.381 e. The van der Waals surface area contributed by atoms with Gasteiger partial charge in [0.15, 0.2) is 17.5 Å². The molecule has 0 radical (unpaired) electrons. The molecule has 2 heterocycles. The molecule has 0 aromatic carbocycles. The van der Waals surface area contributed by atoms with Crippen molar-refractivity contribution in [2.75, 3.05) is 5.73 Å². The number of hydrogen-bond donors (Lipinski definition) is 1. The molecule has 0 spiro atoms. The van der Waals surface area contributed by atoms with Crippen LogP contribution in [0.25, 0.3) is 11.4 Å². The Hall–Kier alpha value is -1.49.